The monoisotopic (exact) mass is 306 g/mol. The molecule has 1 fully saturated rings. The largest absolute Gasteiger partial charge is 0.454 e. The number of benzene rings is 1. The molecule has 2 aliphatic rings. The fraction of sp³-hybridized carbons (Fsp3) is 0.562. The summed E-state index contributed by atoms with van der Waals surface area (Å²) in [5, 5.41) is 3.04. The highest BCUT2D eigenvalue weighted by Crippen LogP contribution is 2.34. The molecule has 3 rings (SSSR count). The van der Waals surface area contributed by atoms with Crippen molar-refractivity contribution in [2.45, 2.75) is 25.9 Å². The van der Waals surface area contributed by atoms with Gasteiger partial charge in [0.2, 0.25) is 12.7 Å². The number of amides is 1. The Morgan fingerprint density at radius 2 is 2.23 bits per heavy atom. The average molecular weight is 306 g/mol. The summed E-state index contributed by atoms with van der Waals surface area (Å²) >= 11 is 0. The standard InChI is InChI=1S/C16H22N2O4/c1-11-9-20-6-5-18(11)8-16(19)17-12(2)13-3-4-14-15(7-13)22-10-21-14/h3-4,7,11-12H,5-6,8-10H2,1-2H3,(H,17,19)/t11-,12+/m0/s1. The third-order valence-corrected chi connectivity index (χ3v) is 4.13. The smallest absolute Gasteiger partial charge is 0.234 e. The first-order chi connectivity index (χ1) is 10.6. The molecule has 22 heavy (non-hydrogen) atoms. The number of rotatable bonds is 4. The van der Waals surface area contributed by atoms with E-state index in [1.165, 1.54) is 0 Å². The molecule has 6 heteroatoms. The van der Waals surface area contributed by atoms with Crippen LogP contribution >= 0.6 is 0 Å². The summed E-state index contributed by atoms with van der Waals surface area (Å²) in [6.07, 6.45) is 0. The zero-order valence-electron chi connectivity index (χ0n) is 13.0. The minimum Gasteiger partial charge on any atom is -0.454 e. The lowest BCUT2D eigenvalue weighted by Gasteiger charge is -2.32. The molecule has 2 aliphatic heterocycles. The van der Waals surface area contributed by atoms with Gasteiger partial charge in [0.25, 0.3) is 0 Å². The van der Waals surface area contributed by atoms with Gasteiger partial charge in [-0.3, -0.25) is 9.69 Å². The number of ether oxygens (including phenoxy) is 3. The van der Waals surface area contributed by atoms with Crippen LogP contribution in [0.3, 0.4) is 0 Å². The molecule has 1 amide bonds. The molecule has 1 N–H and O–H groups in total. The summed E-state index contributed by atoms with van der Waals surface area (Å²) in [5.74, 6) is 1.52. The predicted molar refractivity (Wildman–Crippen MR) is 81.0 cm³/mol. The van der Waals surface area contributed by atoms with E-state index >= 15 is 0 Å². The molecular weight excluding hydrogens is 284 g/mol. The number of morpholine rings is 1. The van der Waals surface area contributed by atoms with Gasteiger partial charge in [-0.05, 0) is 31.5 Å². The number of nitrogens with zero attached hydrogens (tertiary/aromatic N) is 1. The summed E-state index contributed by atoms with van der Waals surface area (Å²) in [5.41, 5.74) is 1.01. The molecule has 2 atom stereocenters. The van der Waals surface area contributed by atoms with Crippen molar-refractivity contribution in [3.05, 3.63) is 23.8 Å². The van der Waals surface area contributed by atoms with Gasteiger partial charge in [-0.1, -0.05) is 6.07 Å². The molecular formula is C16H22N2O4. The lowest BCUT2D eigenvalue weighted by atomic mass is 10.1. The van der Waals surface area contributed by atoms with E-state index in [1.54, 1.807) is 0 Å². The predicted octanol–water partition coefficient (Wildman–Crippen LogP) is 1.31. The summed E-state index contributed by atoms with van der Waals surface area (Å²) < 4.78 is 16.1. The molecule has 1 aromatic carbocycles. The Bertz CT molecular complexity index is 549. The van der Waals surface area contributed by atoms with E-state index in [9.17, 15) is 4.79 Å². The molecule has 2 heterocycles. The molecule has 0 bridgehead atoms. The average Bonchev–Trinajstić information content (AvgIpc) is 2.97. The molecule has 6 nitrogen and oxygen atoms in total. The highest BCUT2D eigenvalue weighted by atomic mass is 16.7. The molecule has 1 aromatic rings. The summed E-state index contributed by atoms with van der Waals surface area (Å²) in [4.78, 5) is 14.4. The van der Waals surface area contributed by atoms with Crippen molar-refractivity contribution in [2.75, 3.05) is 33.1 Å². The third kappa shape index (κ3) is 3.34. The van der Waals surface area contributed by atoms with Crippen LogP contribution in [0.1, 0.15) is 25.5 Å². The van der Waals surface area contributed by atoms with Gasteiger partial charge in [0, 0.05) is 12.6 Å². The molecule has 1 saturated heterocycles. The number of hydrogen-bond donors (Lipinski definition) is 1. The lowest BCUT2D eigenvalue weighted by Crippen LogP contribution is -2.48. The van der Waals surface area contributed by atoms with Gasteiger partial charge in [0.1, 0.15) is 0 Å². The Morgan fingerprint density at radius 1 is 1.41 bits per heavy atom. The highest BCUT2D eigenvalue weighted by molar-refractivity contribution is 5.78. The van der Waals surface area contributed by atoms with E-state index in [0.29, 0.717) is 19.8 Å². The van der Waals surface area contributed by atoms with Crippen molar-refractivity contribution in [3.8, 4) is 11.5 Å². The molecule has 0 aliphatic carbocycles. The van der Waals surface area contributed by atoms with Crippen LogP contribution < -0.4 is 14.8 Å². The van der Waals surface area contributed by atoms with Crippen LogP contribution in [0.25, 0.3) is 0 Å². The topological polar surface area (TPSA) is 60.0 Å². The molecule has 0 radical (unpaired) electrons. The first-order valence-electron chi connectivity index (χ1n) is 7.64. The fourth-order valence-corrected chi connectivity index (χ4v) is 2.73. The zero-order chi connectivity index (χ0) is 15.5. The third-order valence-electron chi connectivity index (χ3n) is 4.13. The maximum absolute atomic E-state index is 12.2. The van der Waals surface area contributed by atoms with Crippen LogP contribution in [0, 0.1) is 0 Å². The van der Waals surface area contributed by atoms with Crippen molar-refractivity contribution in [3.63, 3.8) is 0 Å². The molecule has 0 saturated carbocycles. The minimum atomic E-state index is -0.0710. The van der Waals surface area contributed by atoms with Gasteiger partial charge < -0.3 is 19.5 Å². The zero-order valence-corrected chi connectivity index (χ0v) is 13.0. The highest BCUT2D eigenvalue weighted by Gasteiger charge is 2.22. The minimum absolute atomic E-state index is 0.0268. The second-order valence-corrected chi connectivity index (χ2v) is 5.80. The molecule has 0 unspecified atom stereocenters. The summed E-state index contributed by atoms with van der Waals surface area (Å²) in [6, 6.07) is 5.96. The Kier molecular flexibility index (Phi) is 4.49. The normalized spacial score (nSPS) is 22.4. The maximum atomic E-state index is 12.2. The second kappa shape index (κ2) is 6.54. The maximum Gasteiger partial charge on any atom is 0.234 e. The number of hydrogen-bond acceptors (Lipinski definition) is 5. The van der Waals surface area contributed by atoms with Crippen LogP contribution in [-0.2, 0) is 9.53 Å². The van der Waals surface area contributed by atoms with Crippen LogP contribution in [0.5, 0.6) is 11.5 Å². The summed E-state index contributed by atoms with van der Waals surface area (Å²) in [6.45, 7) is 6.88. The second-order valence-electron chi connectivity index (χ2n) is 5.80. The fourth-order valence-electron chi connectivity index (χ4n) is 2.73. The Labute approximate surface area is 130 Å². The van der Waals surface area contributed by atoms with Gasteiger partial charge >= 0.3 is 0 Å². The van der Waals surface area contributed by atoms with Gasteiger partial charge in [-0.25, -0.2) is 0 Å². The van der Waals surface area contributed by atoms with E-state index in [1.807, 2.05) is 25.1 Å². The van der Waals surface area contributed by atoms with Gasteiger partial charge in [0.15, 0.2) is 11.5 Å². The Hall–Kier alpha value is -1.79. The molecule has 120 valence electrons. The number of carbonyl (C=O) groups excluding carboxylic acids is 1. The Morgan fingerprint density at radius 3 is 3.05 bits per heavy atom. The van der Waals surface area contributed by atoms with Crippen molar-refractivity contribution in [1.82, 2.24) is 10.2 Å². The van der Waals surface area contributed by atoms with E-state index in [4.69, 9.17) is 14.2 Å². The van der Waals surface area contributed by atoms with Crippen LogP contribution in [-0.4, -0.2) is 49.9 Å². The van der Waals surface area contributed by atoms with Crippen molar-refractivity contribution >= 4 is 5.91 Å². The SMILES string of the molecule is C[C@@H](NC(=O)CN1CCOC[C@@H]1C)c1ccc2c(c1)OCO2. The van der Waals surface area contributed by atoms with E-state index in [2.05, 4.69) is 17.1 Å². The lowest BCUT2D eigenvalue weighted by molar-refractivity contribution is -0.125. The van der Waals surface area contributed by atoms with Gasteiger partial charge in [-0.15, -0.1) is 0 Å². The van der Waals surface area contributed by atoms with Gasteiger partial charge in [-0.2, -0.15) is 0 Å². The van der Waals surface area contributed by atoms with E-state index in [0.717, 1.165) is 23.6 Å². The van der Waals surface area contributed by atoms with E-state index < -0.39 is 0 Å². The van der Waals surface area contributed by atoms with E-state index in [-0.39, 0.29) is 24.8 Å². The first-order valence-corrected chi connectivity index (χ1v) is 7.64. The van der Waals surface area contributed by atoms with Gasteiger partial charge in [0.05, 0.1) is 25.8 Å². The van der Waals surface area contributed by atoms with Crippen LogP contribution in [0.15, 0.2) is 18.2 Å². The number of carbonyl (C=O) groups is 1. The molecule has 0 aromatic heterocycles. The van der Waals surface area contributed by atoms with Crippen LogP contribution in [0.2, 0.25) is 0 Å². The number of fused-ring (bicyclic) bond motifs is 1. The van der Waals surface area contributed by atoms with Crippen molar-refractivity contribution in [2.24, 2.45) is 0 Å². The summed E-state index contributed by atoms with van der Waals surface area (Å²) in [7, 11) is 0. The molecule has 0 spiro atoms. The quantitative estimate of drug-likeness (QED) is 0.909. The Balaban J connectivity index is 1.56. The van der Waals surface area contributed by atoms with Crippen molar-refractivity contribution < 1.29 is 19.0 Å². The number of nitrogens with one attached hydrogen (secondary N) is 1. The first kappa shape index (κ1) is 15.1. The van der Waals surface area contributed by atoms with Crippen LogP contribution in [0.4, 0.5) is 0 Å². The van der Waals surface area contributed by atoms with Crippen molar-refractivity contribution in [1.29, 1.82) is 0 Å².